The van der Waals surface area contributed by atoms with Crippen molar-refractivity contribution in [1.29, 1.82) is 0 Å². The third kappa shape index (κ3) is 3.91. The van der Waals surface area contributed by atoms with Crippen molar-refractivity contribution in [3.05, 3.63) is 90.6 Å². The summed E-state index contributed by atoms with van der Waals surface area (Å²) >= 11 is 0. The number of aromatic nitrogens is 4. The number of hydrogen-bond donors (Lipinski definition) is 2. The molecule has 0 aliphatic carbocycles. The van der Waals surface area contributed by atoms with Gasteiger partial charge in [-0.3, -0.25) is 0 Å². The summed E-state index contributed by atoms with van der Waals surface area (Å²) in [5.41, 5.74) is 6.64. The highest BCUT2D eigenvalue weighted by Gasteiger charge is 2.09. The molecule has 0 radical (unpaired) electrons. The Bertz CT molecular complexity index is 1380. The van der Waals surface area contributed by atoms with Crippen LogP contribution in [0.3, 0.4) is 0 Å². The van der Waals surface area contributed by atoms with Crippen molar-refractivity contribution in [2.24, 2.45) is 0 Å². The number of carbonyl (C=O) groups excluding carboxylic acids is 1. The average Bonchev–Trinajstić information content (AvgIpc) is 3.29. The lowest BCUT2D eigenvalue weighted by Gasteiger charge is -2.09. The van der Waals surface area contributed by atoms with Crippen LogP contribution in [0.4, 0.5) is 11.4 Å². The maximum atomic E-state index is 11.7. The molecule has 0 bridgehead atoms. The number of ether oxygens (including phenoxy) is 1. The molecule has 156 valence electrons. The molecule has 2 N–H and O–H groups in total. The minimum atomic E-state index is -0.441. The Morgan fingerprint density at radius 1 is 0.906 bits per heavy atom. The van der Waals surface area contributed by atoms with E-state index in [0.717, 1.165) is 39.4 Å². The largest absolute Gasteiger partial charge is 0.465 e. The first-order valence-electron chi connectivity index (χ1n) is 10.0. The number of H-pyrrole nitrogens is 1. The van der Waals surface area contributed by atoms with E-state index in [4.69, 9.17) is 4.74 Å². The molecule has 5 aromatic rings. The summed E-state index contributed by atoms with van der Waals surface area (Å²) in [6.45, 7) is 0. The van der Waals surface area contributed by atoms with Gasteiger partial charge in [-0.15, -0.1) is 0 Å². The Labute approximate surface area is 184 Å². The van der Waals surface area contributed by atoms with Crippen molar-refractivity contribution in [3.63, 3.8) is 0 Å². The zero-order valence-electron chi connectivity index (χ0n) is 17.2. The van der Waals surface area contributed by atoms with E-state index < -0.39 is 5.97 Å². The number of nitrogens with zero attached hydrogens (tertiary/aromatic N) is 3. The van der Waals surface area contributed by atoms with Crippen LogP contribution in [-0.2, 0) is 4.74 Å². The topological polar surface area (TPSA) is 92.8 Å². The molecule has 2 heterocycles. The molecule has 7 heteroatoms. The van der Waals surface area contributed by atoms with Crippen molar-refractivity contribution in [2.45, 2.75) is 0 Å². The third-order valence-corrected chi connectivity index (χ3v) is 5.07. The van der Waals surface area contributed by atoms with Crippen molar-refractivity contribution in [1.82, 2.24) is 20.2 Å². The monoisotopic (exact) mass is 421 g/mol. The number of para-hydroxylation sites is 2. The Kier molecular flexibility index (Phi) is 5.05. The van der Waals surface area contributed by atoms with Gasteiger partial charge in [-0.1, -0.05) is 36.4 Å². The molecule has 0 saturated carbocycles. The fraction of sp³-hybridized carbons (Fsp3) is 0.0400. The standard InChI is InChI=1S/C25H19N5O2/c1-32-25(31)18-14-23(30-26-15-18)16-9-11-19(12-10-16)27-20-6-4-5-17(13-20)24-28-21-7-2-3-8-22(21)29-24/h2-15,27H,1H3,(H,28,29). The summed E-state index contributed by atoms with van der Waals surface area (Å²) in [5, 5.41) is 11.4. The molecule has 0 spiro atoms. The molecule has 0 aliphatic rings. The van der Waals surface area contributed by atoms with Gasteiger partial charge in [0.1, 0.15) is 5.82 Å². The lowest BCUT2D eigenvalue weighted by Crippen LogP contribution is -2.03. The first kappa shape index (κ1) is 19.4. The average molecular weight is 421 g/mol. The van der Waals surface area contributed by atoms with Crippen LogP contribution in [0.15, 0.2) is 85.1 Å². The minimum absolute atomic E-state index is 0.363. The van der Waals surface area contributed by atoms with Gasteiger partial charge >= 0.3 is 5.97 Å². The number of aromatic amines is 1. The van der Waals surface area contributed by atoms with Crippen LogP contribution >= 0.6 is 0 Å². The van der Waals surface area contributed by atoms with E-state index in [0.29, 0.717) is 11.3 Å². The summed E-state index contributed by atoms with van der Waals surface area (Å²) in [7, 11) is 1.34. The highest BCUT2D eigenvalue weighted by molar-refractivity contribution is 5.90. The highest BCUT2D eigenvalue weighted by Crippen LogP contribution is 2.26. The second-order valence-electron chi connectivity index (χ2n) is 7.21. The molecule has 32 heavy (non-hydrogen) atoms. The van der Waals surface area contributed by atoms with E-state index in [1.54, 1.807) is 6.07 Å². The summed E-state index contributed by atoms with van der Waals surface area (Å²) in [6.07, 6.45) is 1.39. The zero-order valence-corrected chi connectivity index (χ0v) is 17.2. The SMILES string of the molecule is COC(=O)c1cnnc(-c2ccc(Nc3cccc(-c4nc5ccccc5[nH]4)c3)cc2)c1. The fourth-order valence-corrected chi connectivity index (χ4v) is 3.46. The van der Waals surface area contributed by atoms with Gasteiger partial charge in [0.2, 0.25) is 0 Å². The fourth-order valence-electron chi connectivity index (χ4n) is 3.46. The van der Waals surface area contributed by atoms with E-state index in [9.17, 15) is 4.79 Å². The molecular formula is C25H19N5O2. The zero-order chi connectivity index (χ0) is 21.9. The van der Waals surface area contributed by atoms with Gasteiger partial charge in [0.05, 0.1) is 35.6 Å². The Morgan fingerprint density at radius 3 is 2.56 bits per heavy atom. The molecule has 0 aliphatic heterocycles. The maximum absolute atomic E-state index is 11.7. The van der Waals surface area contributed by atoms with Gasteiger partial charge < -0.3 is 15.0 Å². The minimum Gasteiger partial charge on any atom is -0.465 e. The number of benzene rings is 3. The molecule has 0 unspecified atom stereocenters. The maximum Gasteiger partial charge on any atom is 0.339 e. The number of anilines is 2. The third-order valence-electron chi connectivity index (χ3n) is 5.07. The van der Waals surface area contributed by atoms with Gasteiger partial charge in [-0.05, 0) is 42.5 Å². The van der Waals surface area contributed by atoms with Crippen molar-refractivity contribution < 1.29 is 9.53 Å². The summed E-state index contributed by atoms with van der Waals surface area (Å²) in [4.78, 5) is 19.8. The molecule has 5 rings (SSSR count). The molecule has 2 aromatic heterocycles. The molecule has 0 amide bonds. The van der Waals surface area contributed by atoms with Crippen LogP contribution in [0.1, 0.15) is 10.4 Å². The molecule has 3 aromatic carbocycles. The first-order chi connectivity index (χ1) is 15.7. The second kappa shape index (κ2) is 8.31. The van der Waals surface area contributed by atoms with E-state index in [-0.39, 0.29) is 0 Å². The van der Waals surface area contributed by atoms with Crippen molar-refractivity contribution in [2.75, 3.05) is 12.4 Å². The van der Waals surface area contributed by atoms with Crippen LogP contribution in [0, 0.1) is 0 Å². The number of nitrogens with one attached hydrogen (secondary N) is 2. The molecule has 0 saturated heterocycles. The number of fused-ring (bicyclic) bond motifs is 1. The number of methoxy groups -OCH3 is 1. The van der Waals surface area contributed by atoms with Crippen molar-refractivity contribution >= 4 is 28.4 Å². The van der Waals surface area contributed by atoms with Gasteiger partial charge in [0.15, 0.2) is 0 Å². The molecule has 0 fully saturated rings. The highest BCUT2D eigenvalue weighted by atomic mass is 16.5. The van der Waals surface area contributed by atoms with Gasteiger partial charge in [-0.2, -0.15) is 10.2 Å². The van der Waals surface area contributed by atoms with Crippen LogP contribution in [0.25, 0.3) is 33.7 Å². The molecule has 7 nitrogen and oxygen atoms in total. The first-order valence-corrected chi connectivity index (χ1v) is 10.0. The molecular weight excluding hydrogens is 402 g/mol. The Hall–Kier alpha value is -4.52. The quantitative estimate of drug-likeness (QED) is 0.378. The lowest BCUT2D eigenvalue weighted by molar-refractivity contribution is 0.0600. The van der Waals surface area contributed by atoms with E-state index in [2.05, 4.69) is 31.5 Å². The summed E-state index contributed by atoms with van der Waals surface area (Å²) < 4.78 is 4.75. The van der Waals surface area contributed by atoms with Crippen LogP contribution in [0.2, 0.25) is 0 Å². The predicted octanol–water partition coefficient (Wildman–Crippen LogP) is 5.22. The van der Waals surface area contributed by atoms with E-state index >= 15 is 0 Å². The van der Waals surface area contributed by atoms with Crippen molar-refractivity contribution in [3.8, 4) is 22.6 Å². The second-order valence-corrected chi connectivity index (χ2v) is 7.21. The number of esters is 1. The Morgan fingerprint density at radius 2 is 1.75 bits per heavy atom. The normalized spacial score (nSPS) is 10.8. The van der Waals surface area contributed by atoms with Gasteiger partial charge in [0.25, 0.3) is 0 Å². The predicted molar refractivity (Wildman–Crippen MR) is 124 cm³/mol. The Balaban J connectivity index is 1.36. The smallest absolute Gasteiger partial charge is 0.339 e. The number of carbonyl (C=O) groups is 1. The molecule has 0 atom stereocenters. The van der Waals surface area contributed by atoms with E-state index in [1.165, 1.54) is 13.3 Å². The van der Waals surface area contributed by atoms with E-state index in [1.807, 2.05) is 66.7 Å². The van der Waals surface area contributed by atoms with Crippen LogP contribution in [0.5, 0.6) is 0 Å². The lowest BCUT2D eigenvalue weighted by atomic mass is 10.1. The number of rotatable bonds is 5. The van der Waals surface area contributed by atoms with Gasteiger partial charge in [0, 0.05) is 22.5 Å². The van der Waals surface area contributed by atoms with Crippen LogP contribution < -0.4 is 5.32 Å². The number of hydrogen-bond acceptors (Lipinski definition) is 6. The number of imidazole rings is 1. The van der Waals surface area contributed by atoms with Crippen LogP contribution in [-0.4, -0.2) is 33.2 Å². The summed E-state index contributed by atoms with van der Waals surface area (Å²) in [5.74, 6) is 0.387. The summed E-state index contributed by atoms with van der Waals surface area (Å²) in [6, 6.07) is 25.5. The van der Waals surface area contributed by atoms with Gasteiger partial charge in [-0.25, -0.2) is 9.78 Å².